The van der Waals surface area contributed by atoms with Gasteiger partial charge >= 0.3 is 11.9 Å². The van der Waals surface area contributed by atoms with Gasteiger partial charge in [0.2, 0.25) is 12.2 Å². The van der Waals surface area contributed by atoms with Gasteiger partial charge in [-0.1, -0.05) is 81.7 Å². The molecule has 2 atom stereocenters. The van der Waals surface area contributed by atoms with E-state index in [-0.39, 0.29) is 51.4 Å². The summed E-state index contributed by atoms with van der Waals surface area (Å²) in [5.74, 6) is -6.10. The van der Waals surface area contributed by atoms with Crippen LogP contribution in [0.15, 0.2) is 101 Å². The third-order valence-corrected chi connectivity index (χ3v) is 18.8. The van der Waals surface area contributed by atoms with E-state index in [1.807, 2.05) is 0 Å². The number of carbonyl (C=O) groups excluding carboxylic acids is 4. The number of thiazole rings is 2. The lowest BCUT2D eigenvalue weighted by Crippen LogP contribution is -2.29. The second-order valence-electron chi connectivity index (χ2n) is 16.5. The lowest BCUT2D eigenvalue weighted by atomic mass is 10.1. The van der Waals surface area contributed by atoms with Crippen molar-refractivity contribution in [2.24, 2.45) is 0 Å². The number of ether oxygens (including phenoxy) is 5. The van der Waals surface area contributed by atoms with E-state index in [4.69, 9.17) is 58.5 Å². The van der Waals surface area contributed by atoms with Gasteiger partial charge in [0.15, 0.2) is 41.5 Å². The van der Waals surface area contributed by atoms with E-state index in [0.717, 1.165) is 34.8 Å². The molecule has 2 aliphatic heterocycles. The largest absolute Gasteiger partial charge is 0.476 e. The molecule has 2 fully saturated rings. The Morgan fingerprint density at radius 3 is 1.49 bits per heavy atom. The Morgan fingerprint density at radius 1 is 0.622 bits per heavy atom. The van der Waals surface area contributed by atoms with Crippen molar-refractivity contribution in [3.05, 3.63) is 139 Å². The van der Waals surface area contributed by atoms with Crippen LogP contribution in [-0.2, 0) is 65.9 Å². The lowest BCUT2D eigenvalue weighted by Gasteiger charge is -2.23. The molecule has 0 radical (unpaired) electrons. The number of nitrogens with zero attached hydrogens (tertiary/aromatic N) is 2. The first-order valence-corrected chi connectivity index (χ1v) is 28.2. The molecule has 74 heavy (non-hydrogen) atoms. The average molecular weight is 1150 g/mol. The Balaban J connectivity index is 0.901. The van der Waals surface area contributed by atoms with Crippen molar-refractivity contribution in [1.29, 1.82) is 0 Å². The van der Waals surface area contributed by atoms with Gasteiger partial charge in [0, 0.05) is 48.6 Å². The second-order valence-corrected chi connectivity index (χ2v) is 24.6. The van der Waals surface area contributed by atoms with Gasteiger partial charge in [-0.2, -0.15) is 0 Å². The molecule has 390 valence electrons. The third-order valence-electron chi connectivity index (χ3n) is 11.5. The molecule has 0 aliphatic carbocycles. The van der Waals surface area contributed by atoms with Gasteiger partial charge in [-0.05, 0) is 86.3 Å². The number of benzene rings is 4. The van der Waals surface area contributed by atoms with E-state index in [1.54, 1.807) is 24.3 Å². The number of rotatable bonds is 18. The zero-order valence-corrected chi connectivity index (χ0v) is 43.8. The topological polar surface area (TPSA) is 233 Å². The van der Waals surface area contributed by atoms with Gasteiger partial charge in [0.05, 0.1) is 44.5 Å². The minimum atomic E-state index is -3.76. The SMILES string of the molecule is O=C(Cc1nc(NC(=O)C(Oc2ccc(Cl)cc2)c2ccc(S(=O)(=O)C3CCOCC3)cc2)sc1Cl)OC(=O)Cc1nc(NC(=O)C(Oc2ccc(F)cc2F)c2ccc(S(=O)(=O)C3CCOCC3)cc2)sc1Cl. The van der Waals surface area contributed by atoms with Gasteiger partial charge in [0.25, 0.3) is 11.8 Å². The van der Waals surface area contributed by atoms with E-state index in [1.165, 1.54) is 48.5 Å². The number of anilines is 2. The highest BCUT2D eigenvalue weighted by Gasteiger charge is 2.33. The standard InChI is InChI=1S/C48H41Cl3F2N4O13S4/c49-28-5-8-30(9-6-28)68-41(26-1-10-31(11-2-26)73(62,63)33-15-19-66-20-16-33)45(60)56-47-54-36(43(50)71-47)24-39(58)70-40(59)25-37-44(51)72-48(55-37)57-46(61)42(69-38-14-7-29(52)23-35(38)53)27-3-12-32(13-4-27)74(64,65)34-17-21-67-22-18-34/h1-14,23,33-34,41-42H,15-22,24-25H2,(H,54,56,60)(H,55,57,61). The molecule has 2 amide bonds. The highest BCUT2D eigenvalue weighted by Crippen LogP contribution is 2.35. The summed E-state index contributed by atoms with van der Waals surface area (Å²) in [4.78, 5) is 62.1. The van der Waals surface area contributed by atoms with Crippen molar-refractivity contribution in [3.8, 4) is 11.5 Å². The molecule has 4 heterocycles. The predicted octanol–water partition coefficient (Wildman–Crippen LogP) is 9.12. The van der Waals surface area contributed by atoms with Crippen molar-refractivity contribution in [1.82, 2.24) is 9.97 Å². The summed E-state index contributed by atoms with van der Waals surface area (Å²) in [5, 5.41) is 4.04. The first kappa shape index (κ1) is 54.6. The molecule has 26 heteroatoms. The Labute approximate surface area is 445 Å². The van der Waals surface area contributed by atoms with Crippen LogP contribution in [0.2, 0.25) is 13.7 Å². The van der Waals surface area contributed by atoms with Crippen molar-refractivity contribution >= 4 is 111 Å². The normalized spacial score (nSPS) is 15.4. The van der Waals surface area contributed by atoms with Crippen molar-refractivity contribution in [3.63, 3.8) is 0 Å². The molecule has 0 spiro atoms. The van der Waals surface area contributed by atoms with E-state index in [0.29, 0.717) is 68.8 Å². The molecule has 0 bridgehead atoms. The fraction of sp³-hybridized carbons (Fsp3) is 0.292. The zero-order valence-electron chi connectivity index (χ0n) is 38.3. The van der Waals surface area contributed by atoms with Crippen LogP contribution < -0.4 is 20.1 Å². The zero-order chi connectivity index (χ0) is 52.7. The third kappa shape index (κ3) is 13.4. The summed E-state index contributed by atoms with van der Waals surface area (Å²) in [7, 11) is -7.44. The summed E-state index contributed by atoms with van der Waals surface area (Å²) in [5.41, 5.74) is 0.236. The highest BCUT2D eigenvalue weighted by molar-refractivity contribution is 7.92. The van der Waals surface area contributed by atoms with Crippen LogP contribution in [0.3, 0.4) is 0 Å². The van der Waals surface area contributed by atoms with Crippen molar-refractivity contribution in [2.45, 2.75) is 71.0 Å². The average Bonchev–Trinajstić information content (AvgIpc) is 3.91. The lowest BCUT2D eigenvalue weighted by molar-refractivity contribution is -0.158. The maximum atomic E-state index is 14.8. The number of nitrogens with one attached hydrogen (secondary N) is 2. The summed E-state index contributed by atoms with van der Waals surface area (Å²) in [6, 6.07) is 19.6. The highest BCUT2D eigenvalue weighted by atomic mass is 35.5. The number of hydrogen-bond acceptors (Lipinski definition) is 17. The number of amides is 2. The van der Waals surface area contributed by atoms with Crippen LogP contribution in [0.5, 0.6) is 11.5 Å². The smallest absolute Gasteiger partial charge is 0.319 e. The van der Waals surface area contributed by atoms with Gasteiger partial charge in [0.1, 0.15) is 20.2 Å². The molecular formula is C48H41Cl3F2N4O13S4. The minimum absolute atomic E-state index is 0.0140. The van der Waals surface area contributed by atoms with Crippen molar-refractivity contribution < 1.29 is 68.5 Å². The monoisotopic (exact) mass is 1150 g/mol. The van der Waals surface area contributed by atoms with Gasteiger partial charge in [-0.15, -0.1) is 0 Å². The van der Waals surface area contributed by atoms with E-state index in [9.17, 15) is 44.8 Å². The van der Waals surface area contributed by atoms with Crippen LogP contribution >= 0.6 is 57.5 Å². The molecule has 4 aromatic carbocycles. The number of aromatic nitrogens is 2. The summed E-state index contributed by atoms with van der Waals surface area (Å²) in [6.07, 6.45) is -2.93. The molecule has 6 aromatic rings. The fourth-order valence-corrected chi connectivity index (χ4v) is 13.4. The van der Waals surface area contributed by atoms with Crippen LogP contribution in [0.1, 0.15) is 60.4 Å². The number of carbonyl (C=O) groups is 4. The molecule has 2 aliphatic rings. The van der Waals surface area contributed by atoms with Gasteiger partial charge in [-0.3, -0.25) is 29.8 Å². The Hall–Kier alpha value is -5.63. The molecular weight excluding hydrogens is 1110 g/mol. The quantitative estimate of drug-likeness (QED) is 0.0603. The second kappa shape index (κ2) is 23.9. The summed E-state index contributed by atoms with van der Waals surface area (Å²) < 4.78 is 109. The predicted molar refractivity (Wildman–Crippen MR) is 269 cm³/mol. The van der Waals surface area contributed by atoms with E-state index in [2.05, 4.69) is 20.6 Å². The molecule has 2 unspecified atom stereocenters. The van der Waals surface area contributed by atoms with E-state index < -0.39 is 96.4 Å². The minimum Gasteiger partial charge on any atom is -0.476 e. The van der Waals surface area contributed by atoms with Crippen LogP contribution in [-0.4, -0.2) is 87.5 Å². The van der Waals surface area contributed by atoms with Crippen LogP contribution in [0, 0.1) is 11.6 Å². The molecule has 2 aromatic heterocycles. The number of hydrogen-bond donors (Lipinski definition) is 2. The Morgan fingerprint density at radius 2 is 1.05 bits per heavy atom. The molecule has 2 N–H and O–H groups in total. The van der Waals surface area contributed by atoms with Gasteiger partial charge in [-0.25, -0.2) is 35.6 Å². The first-order valence-electron chi connectivity index (χ1n) is 22.4. The molecule has 2 saturated heterocycles. The maximum absolute atomic E-state index is 14.8. The number of esters is 2. The molecule has 0 saturated carbocycles. The van der Waals surface area contributed by atoms with Gasteiger partial charge < -0.3 is 23.7 Å². The first-order chi connectivity index (χ1) is 35.3. The number of sulfone groups is 2. The summed E-state index contributed by atoms with van der Waals surface area (Å²) >= 11 is 20.4. The molecule has 8 rings (SSSR count). The maximum Gasteiger partial charge on any atom is 0.319 e. The fourth-order valence-electron chi connectivity index (χ4n) is 7.72. The van der Waals surface area contributed by atoms with Crippen molar-refractivity contribution in [2.75, 3.05) is 37.1 Å². The van der Waals surface area contributed by atoms with E-state index >= 15 is 0 Å². The Kier molecular flexibility index (Phi) is 17.7. The number of halogens is 5. The molecule has 17 nitrogen and oxygen atoms in total. The van der Waals surface area contributed by atoms with Crippen LogP contribution in [0.25, 0.3) is 0 Å². The summed E-state index contributed by atoms with van der Waals surface area (Å²) in [6.45, 7) is 1.25. The Bertz CT molecular complexity index is 3260. The van der Waals surface area contributed by atoms with Crippen LogP contribution in [0.4, 0.5) is 19.0 Å².